The molecule has 0 rings (SSSR count). The van der Waals surface area contributed by atoms with Crippen molar-refractivity contribution in [3.63, 3.8) is 0 Å². The number of thioether (sulfide) groups is 1. The highest BCUT2D eigenvalue weighted by atomic mass is 32.5. The summed E-state index contributed by atoms with van der Waals surface area (Å²) in [6, 6.07) is 0. The van der Waals surface area contributed by atoms with Crippen LogP contribution in [0.4, 0.5) is 24.2 Å². The summed E-state index contributed by atoms with van der Waals surface area (Å²) in [6.07, 6.45) is 0.957. The molecule has 70 valence electrons. The van der Waals surface area contributed by atoms with Crippen LogP contribution in [0.3, 0.4) is 0 Å². The Morgan fingerprint density at radius 3 is 1.73 bits per heavy atom. The lowest BCUT2D eigenvalue weighted by molar-refractivity contribution is 0.259. The average molecular weight is 217 g/mol. The summed E-state index contributed by atoms with van der Waals surface area (Å²) < 4.78 is 56.3. The predicted octanol–water partition coefficient (Wildman–Crippen LogP) is 3.27. The van der Waals surface area contributed by atoms with Crippen LogP contribution in [0.2, 0.25) is 0 Å². The van der Waals surface area contributed by atoms with Gasteiger partial charge in [0.05, 0.1) is 0 Å². The summed E-state index contributed by atoms with van der Waals surface area (Å²) in [5.41, 5.74) is 0. The number of carbonyl (C=O) groups excluding carboxylic acids is 1. The lowest BCUT2D eigenvalue weighted by Gasteiger charge is -2.39. The number of hydrogen-bond donors (Lipinski definition) is 1. The van der Waals surface area contributed by atoms with E-state index in [-0.39, 0.29) is 16.5 Å². The Morgan fingerprint density at radius 2 is 1.64 bits per heavy atom. The second kappa shape index (κ2) is 1.94. The van der Waals surface area contributed by atoms with Crippen LogP contribution in [0, 0.1) is 0 Å². The van der Waals surface area contributed by atoms with Crippen molar-refractivity contribution in [3.05, 3.63) is 0 Å². The van der Waals surface area contributed by atoms with Crippen molar-refractivity contribution in [1.29, 1.82) is 0 Å². The largest absolute Gasteiger partial charge is 0.364 e. The molecule has 0 heterocycles. The first-order chi connectivity index (χ1) is 4.43. The Morgan fingerprint density at radius 1 is 1.27 bits per heavy atom. The van der Waals surface area contributed by atoms with Crippen molar-refractivity contribution in [2.45, 2.75) is 0 Å². The van der Waals surface area contributed by atoms with Gasteiger partial charge in [0.2, 0.25) is 0 Å². The van der Waals surface area contributed by atoms with E-state index in [1.807, 2.05) is 0 Å². The first-order valence-corrected chi connectivity index (χ1v) is 5.22. The van der Waals surface area contributed by atoms with Gasteiger partial charge in [-0.1, -0.05) is 31.2 Å². The number of carbonyl (C=O) groups is 1. The maximum Gasteiger partial charge on any atom is 0.364 e. The third kappa shape index (κ3) is 7.72. The molecule has 0 aromatic carbocycles. The zero-order valence-corrected chi connectivity index (χ0v) is 6.75. The molecule has 0 atom stereocenters. The highest BCUT2D eigenvalue weighted by molar-refractivity contribution is 8.45. The van der Waals surface area contributed by atoms with Crippen molar-refractivity contribution in [2.75, 3.05) is 6.26 Å². The third-order valence-corrected chi connectivity index (χ3v) is 1.63. The topological polar surface area (TPSA) is 29.1 Å². The van der Waals surface area contributed by atoms with E-state index in [1.54, 1.807) is 0 Å². The Bertz CT molecular complexity index is 182. The SMILES string of the molecule is CSC(=O)NS(F)(F)(F)(F)F. The standard InChI is InChI=1S/C2H4F5NOS2/c1-10-2(9)8-11(3,4,5,6)7/h1H3,(H,8,9). The van der Waals surface area contributed by atoms with E-state index in [4.69, 9.17) is 0 Å². The van der Waals surface area contributed by atoms with Gasteiger partial charge in [-0.25, -0.2) is 4.72 Å². The number of halogens is 5. The fraction of sp³-hybridized carbons (Fsp3) is 0.500. The molecule has 11 heavy (non-hydrogen) atoms. The molecular formula is C2H4F5NOS2. The molecule has 0 saturated carbocycles. The molecule has 0 aliphatic rings. The highest BCUT2D eigenvalue weighted by Gasteiger charge is 2.64. The molecule has 9 heteroatoms. The van der Waals surface area contributed by atoms with Crippen molar-refractivity contribution in [3.8, 4) is 0 Å². The highest BCUT2D eigenvalue weighted by Crippen LogP contribution is 2.94. The van der Waals surface area contributed by atoms with Crippen LogP contribution in [0.5, 0.6) is 0 Å². The summed E-state index contributed by atoms with van der Waals surface area (Å²) >= 11 is 0.0282. The Labute approximate surface area is 63.4 Å². The molecule has 0 aliphatic carbocycles. The second-order valence-electron chi connectivity index (χ2n) is 1.56. The second-order valence-corrected chi connectivity index (χ2v) is 4.48. The van der Waals surface area contributed by atoms with Crippen molar-refractivity contribution in [2.24, 2.45) is 0 Å². The Kier molecular flexibility index (Phi) is 1.91. The maximum absolute atomic E-state index is 11.3. The predicted molar refractivity (Wildman–Crippen MR) is 35.2 cm³/mol. The number of hydrogen-bond acceptors (Lipinski definition) is 2. The van der Waals surface area contributed by atoms with Crippen LogP contribution in [-0.2, 0) is 0 Å². The monoisotopic (exact) mass is 217 g/mol. The fourth-order valence-electron chi connectivity index (χ4n) is 0.199. The van der Waals surface area contributed by atoms with Gasteiger partial charge in [0, 0.05) is 0 Å². The Balaban J connectivity index is 4.51. The normalized spacial score (nSPS) is 18.4. The minimum absolute atomic E-state index is 0.0282. The quantitative estimate of drug-likeness (QED) is 0.683. The van der Waals surface area contributed by atoms with Gasteiger partial charge >= 0.3 is 10.4 Å². The minimum atomic E-state index is -9.75. The Hall–Kier alpha value is -0.180. The summed E-state index contributed by atoms with van der Waals surface area (Å²) in [4.78, 5) is 9.92. The summed E-state index contributed by atoms with van der Waals surface area (Å²) in [5.74, 6) is 0. The molecule has 0 aliphatic heterocycles. The molecule has 0 aromatic rings. The van der Waals surface area contributed by atoms with Crippen LogP contribution < -0.4 is 4.72 Å². The molecule has 1 N–H and O–H groups in total. The number of rotatable bonds is 1. The van der Waals surface area contributed by atoms with E-state index in [0.717, 1.165) is 6.26 Å². The smallest absolute Gasteiger partial charge is 0.261 e. The molecule has 0 radical (unpaired) electrons. The zero-order valence-electron chi connectivity index (χ0n) is 5.11. The molecule has 0 unspecified atom stereocenters. The van der Waals surface area contributed by atoms with E-state index in [9.17, 15) is 24.2 Å². The van der Waals surface area contributed by atoms with Crippen LogP contribution in [0.1, 0.15) is 0 Å². The summed E-state index contributed by atoms with van der Waals surface area (Å²) in [7, 11) is -9.75. The van der Waals surface area contributed by atoms with Gasteiger partial charge in [-0.3, -0.25) is 4.79 Å². The number of amides is 1. The van der Waals surface area contributed by atoms with Gasteiger partial charge in [0.1, 0.15) is 0 Å². The first-order valence-electron chi connectivity index (χ1n) is 2.04. The first kappa shape index (κ1) is 10.8. The lowest BCUT2D eigenvalue weighted by atomic mass is 11.4. The van der Waals surface area contributed by atoms with Crippen LogP contribution in [0.15, 0.2) is 0 Å². The number of nitrogens with one attached hydrogen (secondary N) is 1. The van der Waals surface area contributed by atoms with E-state index >= 15 is 0 Å². The summed E-state index contributed by atoms with van der Waals surface area (Å²) in [5, 5.41) is -1.82. The molecule has 0 aromatic heterocycles. The van der Waals surface area contributed by atoms with E-state index in [0.29, 0.717) is 0 Å². The zero-order chi connectivity index (χ0) is 9.40. The average Bonchev–Trinajstić information content (AvgIpc) is 1.57. The van der Waals surface area contributed by atoms with Gasteiger partial charge in [-0.15, -0.1) is 0 Å². The summed E-state index contributed by atoms with van der Waals surface area (Å²) in [6.45, 7) is 0. The van der Waals surface area contributed by atoms with E-state index < -0.39 is 15.6 Å². The van der Waals surface area contributed by atoms with E-state index in [2.05, 4.69) is 0 Å². The van der Waals surface area contributed by atoms with Gasteiger partial charge in [0.25, 0.3) is 5.24 Å². The van der Waals surface area contributed by atoms with Gasteiger partial charge in [-0.05, 0) is 6.26 Å². The molecule has 0 bridgehead atoms. The fourth-order valence-corrected chi connectivity index (χ4v) is 1.32. The van der Waals surface area contributed by atoms with Gasteiger partial charge in [0.15, 0.2) is 0 Å². The molecule has 2 nitrogen and oxygen atoms in total. The van der Waals surface area contributed by atoms with Crippen molar-refractivity contribution in [1.82, 2.24) is 4.72 Å². The van der Waals surface area contributed by atoms with Gasteiger partial charge in [-0.2, -0.15) is 0 Å². The molecule has 0 spiro atoms. The van der Waals surface area contributed by atoms with Crippen molar-refractivity contribution < 1.29 is 24.2 Å². The minimum Gasteiger partial charge on any atom is -0.261 e. The lowest BCUT2D eigenvalue weighted by Crippen LogP contribution is -2.30. The maximum atomic E-state index is 11.3. The van der Waals surface area contributed by atoms with Crippen LogP contribution >= 0.6 is 22.2 Å². The van der Waals surface area contributed by atoms with Crippen molar-refractivity contribution >= 4 is 27.4 Å². The van der Waals surface area contributed by atoms with Gasteiger partial charge < -0.3 is 0 Å². The third-order valence-electron chi connectivity index (χ3n) is 0.462. The van der Waals surface area contributed by atoms with E-state index in [1.165, 1.54) is 0 Å². The molecule has 0 fully saturated rings. The van der Waals surface area contributed by atoms with Crippen LogP contribution in [-0.4, -0.2) is 11.5 Å². The molecule has 1 amide bonds. The molecular weight excluding hydrogens is 213 g/mol. The molecule has 0 saturated heterocycles. The van der Waals surface area contributed by atoms with Crippen LogP contribution in [0.25, 0.3) is 0 Å².